The normalized spacial score (nSPS) is 12.6. The van der Waals surface area contributed by atoms with Gasteiger partial charge in [0.15, 0.2) is 6.61 Å². The van der Waals surface area contributed by atoms with Crippen LogP contribution in [0.3, 0.4) is 0 Å². The summed E-state index contributed by atoms with van der Waals surface area (Å²) in [6.45, 7) is 5.19. The van der Waals surface area contributed by atoms with Crippen molar-refractivity contribution in [1.29, 1.82) is 0 Å². The van der Waals surface area contributed by atoms with Crippen LogP contribution >= 0.6 is 11.6 Å². The van der Waals surface area contributed by atoms with Crippen LogP contribution in [-0.2, 0) is 14.8 Å². The maximum atomic E-state index is 12.1. The van der Waals surface area contributed by atoms with E-state index in [1.165, 1.54) is 24.3 Å². The fourth-order valence-corrected chi connectivity index (χ4v) is 3.74. The summed E-state index contributed by atoms with van der Waals surface area (Å²) in [5, 5.41) is 3.46. The predicted molar refractivity (Wildman–Crippen MR) is 105 cm³/mol. The number of carbonyl (C=O) groups excluding carboxylic acids is 1. The molecule has 27 heavy (non-hydrogen) atoms. The first-order valence-corrected chi connectivity index (χ1v) is 10.3. The van der Waals surface area contributed by atoms with Crippen molar-refractivity contribution in [2.24, 2.45) is 0 Å². The molecule has 146 valence electrons. The zero-order chi connectivity index (χ0) is 20.0. The summed E-state index contributed by atoms with van der Waals surface area (Å²) in [7, 11) is -3.55. The number of hydrogen-bond acceptors (Lipinski definition) is 4. The summed E-state index contributed by atoms with van der Waals surface area (Å²) in [6, 6.07) is 12.7. The van der Waals surface area contributed by atoms with Crippen molar-refractivity contribution in [2.45, 2.75) is 37.8 Å². The van der Waals surface area contributed by atoms with Crippen LogP contribution in [0, 0.1) is 0 Å². The largest absolute Gasteiger partial charge is 0.484 e. The van der Waals surface area contributed by atoms with E-state index in [0.717, 1.165) is 5.56 Å². The van der Waals surface area contributed by atoms with Crippen LogP contribution in [-0.4, -0.2) is 27.0 Å². The molecule has 0 aliphatic carbocycles. The summed E-state index contributed by atoms with van der Waals surface area (Å²) in [5.74, 6) is 0.128. The Labute approximate surface area is 164 Å². The molecular weight excluding hydrogens is 388 g/mol. The number of nitrogens with one attached hydrogen (secondary N) is 2. The topological polar surface area (TPSA) is 84.5 Å². The van der Waals surface area contributed by atoms with Crippen LogP contribution < -0.4 is 14.8 Å². The van der Waals surface area contributed by atoms with Gasteiger partial charge in [0.2, 0.25) is 10.0 Å². The van der Waals surface area contributed by atoms with Gasteiger partial charge in [-0.05, 0) is 62.7 Å². The lowest BCUT2D eigenvalue weighted by molar-refractivity contribution is -0.123. The molecule has 1 atom stereocenters. The number of carbonyl (C=O) groups is 1. The van der Waals surface area contributed by atoms with Crippen molar-refractivity contribution in [3.8, 4) is 5.75 Å². The number of benzene rings is 2. The second-order valence-corrected chi connectivity index (χ2v) is 8.53. The Bertz CT molecular complexity index is 866. The molecule has 0 aliphatic rings. The van der Waals surface area contributed by atoms with Gasteiger partial charge in [-0.25, -0.2) is 13.1 Å². The summed E-state index contributed by atoms with van der Waals surface area (Å²) >= 11 is 5.85. The van der Waals surface area contributed by atoms with Crippen molar-refractivity contribution in [2.75, 3.05) is 6.61 Å². The Hall–Kier alpha value is -2.09. The Morgan fingerprint density at radius 3 is 2.19 bits per heavy atom. The zero-order valence-corrected chi connectivity index (χ0v) is 17.0. The van der Waals surface area contributed by atoms with Crippen LogP contribution in [0.4, 0.5) is 0 Å². The molecule has 0 spiro atoms. The van der Waals surface area contributed by atoms with E-state index in [1.807, 2.05) is 19.1 Å². The quantitative estimate of drug-likeness (QED) is 0.699. The van der Waals surface area contributed by atoms with Gasteiger partial charge in [-0.3, -0.25) is 4.79 Å². The molecule has 2 aromatic rings. The highest BCUT2D eigenvalue weighted by Gasteiger charge is 2.15. The number of sulfonamides is 1. The fraction of sp³-hybridized carbons (Fsp3) is 0.316. The van der Waals surface area contributed by atoms with Crippen LogP contribution in [0.1, 0.15) is 32.4 Å². The van der Waals surface area contributed by atoms with Gasteiger partial charge in [-0.15, -0.1) is 0 Å². The first-order valence-electron chi connectivity index (χ1n) is 8.47. The molecule has 0 radical (unpaired) electrons. The van der Waals surface area contributed by atoms with Crippen molar-refractivity contribution < 1.29 is 17.9 Å². The molecule has 8 heteroatoms. The van der Waals surface area contributed by atoms with E-state index in [1.54, 1.807) is 26.0 Å². The molecule has 2 rings (SSSR count). The maximum absolute atomic E-state index is 12.1. The van der Waals surface area contributed by atoms with Gasteiger partial charge in [0.1, 0.15) is 5.75 Å². The number of amides is 1. The summed E-state index contributed by atoms with van der Waals surface area (Å²) in [4.78, 5) is 12.2. The number of halogens is 1. The highest BCUT2D eigenvalue weighted by atomic mass is 35.5. The molecule has 0 heterocycles. The summed E-state index contributed by atoms with van der Waals surface area (Å²) in [6.07, 6.45) is 0. The van der Waals surface area contributed by atoms with Gasteiger partial charge in [0.25, 0.3) is 5.91 Å². The minimum Gasteiger partial charge on any atom is -0.484 e. The minimum absolute atomic E-state index is 0.143. The van der Waals surface area contributed by atoms with E-state index in [9.17, 15) is 13.2 Å². The highest BCUT2D eigenvalue weighted by Crippen LogP contribution is 2.17. The molecule has 2 N–H and O–H groups in total. The highest BCUT2D eigenvalue weighted by molar-refractivity contribution is 7.89. The van der Waals surface area contributed by atoms with E-state index >= 15 is 0 Å². The second kappa shape index (κ2) is 9.21. The lowest BCUT2D eigenvalue weighted by atomic mass is 10.1. The maximum Gasteiger partial charge on any atom is 0.258 e. The monoisotopic (exact) mass is 410 g/mol. The van der Waals surface area contributed by atoms with Gasteiger partial charge in [0, 0.05) is 11.1 Å². The number of rotatable bonds is 8. The lowest BCUT2D eigenvalue weighted by Crippen LogP contribution is -2.31. The Balaban J connectivity index is 1.89. The number of hydrogen-bond donors (Lipinski definition) is 2. The van der Waals surface area contributed by atoms with Crippen LogP contribution in [0.25, 0.3) is 0 Å². The van der Waals surface area contributed by atoms with Crippen LogP contribution in [0.15, 0.2) is 53.4 Å². The van der Waals surface area contributed by atoms with Crippen molar-refractivity contribution in [1.82, 2.24) is 10.0 Å². The third-order valence-electron chi connectivity index (χ3n) is 3.64. The van der Waals surface area contributed by atoms with Crippen LogP contribution in [0.2, 0.25) is 5.02 Å². The van der Waals surface area contributed by atoms with Crippen molar-refractivity contribution in [3.05, 3.63) is 59.1 Å². The zero-order valence-electron chi connectivity index (χ0n) is 15.4. The van der Waals surface area contributed by atoms with Crippen molar-refractivity contribution in [3.63, 3.8) is 0 Å². The predicted octanol–water partition coefficient (Wildman–Crippen LogP) is 3.28. The second-order valence-electron chi connectivity index (χ2n) is 6.38. The van der Waals surface area contributed by atoms with Gasteiger partial charge in [-0.2, -0.15) is 0 Å². The average molecular weight is 411 g/mol. The molecule has 0 saturated carbocycles. The Morgan fingerprint density at radius 2 is 1.63 bits per heavy atom. The van der Waals surface area contributed by atoms with Gasteiger partial charge < -0.3 is 10.1 Å². The third kappa shape index (κ3) is 6.53. The Kier molecular flexibility index (Phi) is 7.24. The van der Waals surface area contributed by atoms with Crippen molar-refractivity contribution >= 4 is 27.5 Å². The standard InChI is InChI=1S/C19H23ClN2O4S/c1-13(2)22-27(24,25)18-10-8-17(9-11-18)26-12-19(23)21-14(3)15-4-6-16(20)7-5-15/h4-11,13-14,22H,12H2,1-3H3,(H,21,23). The molecular formula is C19H23ClN2O4S. The molecule has 1 unspecified atom stereocenters. The molecule has 0 bridgehead atoms. The van der Waals surface area contributed by atoms with E-state index in [2.05, 4.69) is 10.0 Å². The fourth-order valence-electron chi connectivity index (χ4n) is 2.36. The smallest absolute Gasteiger partial charge is 0.258 e. The van der Waals surface area contributed by atoms with E-state index in [-0.39, 0.29) is 29.5 Å². The molecule has 0 fully saturated rings. The van der Waals surface area contributed by atoms with Crippen LogP contribution in [0.5, 0.6) is 5.75 Å². The first-order chi connectivity index (χ1) is 12.7. The third-order valence-corrected chi connectivity index (χ3v) is 5.57. The summed E-state index contributed by atoms with van der Waals surface area (Å²) < 4.78 is 32.1. The van der Waals surface area contributed by atoms with Gasteiger partial charge in [0.05, 0.1) is 10.9 Å². The van der Waals surface area contributed by atoms with E-state index in [0.29, 0.717) is 10.8 Å². The first kappa shape index (κ1) is 21.2. The molecule has 0 aliphatic heterocycles. The molecule has 0 aromatic heterocycles. The molecule has 0 saturated heterocycles. The molecule has 2 aromatic carbocycles. The Morgan fingerprint density at radius 1 is 1.04 bits per heavy atom. The van der Waals surface area contributed by atoms with E-state index in [4.69, 9.17) is 16.3 Å². The molecule has 6 nitrogen and oxygen atoms in total. The average Bonchev–Trinajstić information content (AvgIpc) is 2.60. The van der Waals surface area contributed by atoms with Gasteiger partial charge >= 0.3 is 0 Å². The summed E-state index contributed by atoms with van der Waals surface area (Å²) in [5.41, 5.74) is 0.931. The number of ether oxygens (including phenoxy) is 1. The molecule has 1 amide bonds. The lowest BCUT2D eigenvalue weighted by Gasteiger charge is -2.15. The minimum atomic E-state index is -3.55. The van der Waals surface area contributed by atoms with Gasteiger partial charge in [-0.1, -0.05) is 23.7 Å². The SMILES string of the molecule is CC(C)NS(=O)(=O)c1ccc(OCC(=O)NC(C)c2ccc(Cl)cc2)cc1. The van der Waals surface area contributed by atoms with E-state index < -0.39 is 10.0 Å².